The normalized spacial score (nSPS) is 15.6. The van der Waals surface area contributed by atoms with Crippen molar-refractivity contribution in [2.45, 2.75) is 13.0 Å². The van der Waals surface area contributed by atoms with Gasteiger partial charge in [-0.05, 0) is 61.3 Å². The van der Waals surface area contributed by atoms with Crippen molar-refractivity contribution in [3.63, 3.8) is 0 Å². The van der Waals surface area contributed by atoms with Gasteiger partial charge in [0, 0.05) is 37.1 Å². The van der Waals surface area contributed by atoms with Crippen molar-refractivity contribution in [1.82, 2.24) is 19.7 Å². The summed E-state index contributed by atoms with van der Waals surface area (Å²) in [6.07, 6.45) is 5.89. The molecule has 174 valence electrons. The van der Waals surface area contributed by atoms with E-state index in [1.54, 1.807) is 21.5 Å². The summed E-state index contributed by atoms with van der Waals surface area (Å²) in [4.78, 5) is 24.5. The maximum Gasteiger partial charge on any atom is 0.341 e. The fourth-order valence-corrected chi connectivity index (χ4v) is 4.34. The minimum Gasteiger partial charge on any atom is -0.477 e. The third-order valence-corrected chi connectivity index (χ3v) is 6.20. The largest absolute Gasteiger partial charge is 0.477 e. The number of rotatable bonds is 7. The maximum absolute atomic E-state index is 14.9. The number of aromatic nitrogens is 3. The summed E-state index contributed by atoms with van der Waals surface area (Å²) in [5.41, 5.74) is 1.47. The first kappa shape index (κ1) is 21.8. The minimum atomic E-state index is -1.34. The topological polar surface area (TPSA) is 101 Å². The predicted molar refractivity (Wildman–Crippen MR) is 127 cm³/mol. The van der Waals surface area contributed by atoms with Gasteiger partial charge >= 0.3 is 5.97 Å². The monoisotopic (exact) mass is 461 g/mol. The molecule has 9 heteroatoms. The highest BCUT2D eigenvalue weighted by atomic mass is 19.1. The summed E-state index contributed by atoms with van der Waals surface area (Å²) in [5, 5.41) is 20.3. The van der Waals surface area contributed by atoms with E-state index in [0.29, 0.717) is 30.2 Å². The number of carboxylic acid groups (broad SMARTS) is 1. The molecule has 0 spiro atoms. The smallest absolute Gasteiger partial charge is 0.341 e. The summed E-state index contributed by atoms with van der Waals surface area (Å²) in [6.45, 7) is 2.75. The Bertz CT molecular complexity index is 1390. The third-order valence-electron chi connectivity index (χ3n) is 6.20. The molecule has 1 aliphatic rings. The zero-order valence-electron chi connectivity index (χ0n) is 18.4. The van der Waals surface area contributed by atoms with Gasteiger partial charge in [-0.25, -0.2) is 13.9 Å². The summed E-state index contributed by atoms with van der Waals surface area (Å²) in [6, 6.07) is 12.2. The molecule has 0 aliphatic carbocycles. The van der Waals surface area contributed by atoms with Crippen LogP contribution >= 0.6 is 0 Å². The zero-order valence-corrected chi connectivity index (χ0v) is 18.4. The molecule has 34 heavy (non-hydrogen) atoms. The lowest BCUT2D eigenvalue weighted by Gasteiger charge is -2.16. The van der Waals surface area contributed by atoms with Gasteiger partial charge in [0.2, 0.25) is 5.43 Å². The number of anilines is 1. The van der Waals surface area contributed by atoms with Gasteiger partial charge in [0.1, 0.15) is 11.4 Å². The van der Waals surface area contributed by atoms with E-state index in [1.807, 2.05) is 36.5 Å². The number of benzene rings is 2. The molecule has 1 aliphatic heterocycles. The van der Waals surface area contributed by atoms with E-state index in [1.165, 1.54) is 6.20 Å². The molecule has 0 saturated carbocycles. The number of fused-ring (bicyclic) bond motifs is 1. The van der Waals surface area contributed by atoms with E-state index in [4.69, 9.17) is 0 Å². The van der Waals surface area contributed by atoms with Gasteiger partial charge in [-0.15, -0.1) is 0 Å². The van der Waals surface area contributed by atoms with E-state index in [9.17, 15) is 19.1 Å². The van der Waals surface area contributed by atoms with E-state index < -0.39 is 22.8 Å². The Balaban J connectivity index is 1.52. The Hall–Kier alpha value is -3.98. The van der Waals surface area contributed by atoms with Gasteiger partial charge in [0.15, 0.2) is 0 Å². The zero-order chi connectivity index (χ0) is 23.7. The van der Waals surface area contributed by atoms with Crippen molar-refractivity contribution < 1.29 is 14.3 Å². The summed E-state index contributed by atoms with van der Waals surface area (Å²) in [5.74, 6) is -1.51. The molecule has 2 aromatic heterocycles. The fraction of sp³-hybridized carbons (Fsp3) is 0.240. The first-order valence-corrected chi connectivity index (χ1v) is 11.1. The fourth-order valence-electron chi connectivity index (χ4n) is 4.34. The molecule has 3 heterocycles. The molecule has 2 aromatic carbocycles. The highest BCUT2D eigenvalue weighted by Crippen LogP contribution is 2.24. The van der Waals surface area contributed by atoms with Gasteiger partial charge < -0.3 is 20.3 Å². The molecule has 8 nitrogen and oxygen atoms in total. The Morgan fingerprint density at radius 3 is 2.76 bits per heavy atom. The van der Waals surface area contributed by atoms with Crippen LogP contribution in [0.2, 0.25) is 0 Å². The number of nitrogens with one attached hydrogen (secondary N) is 2. The number of aromatic carboxylic acids is 1. The first-order valence-electron chi connectivity index (χ1n) is 11.1. The molecule has 0 amide bonds. The second-order valence-corrected chi connectivity index (χ2v) is 8.51. The van der Waals surface area contributed by atoms with Crippen LogP contribution in [0.3, 0.4) is 0 Å². The lowest BCUT2D eigenvalue weighted by Crippen LogP contribution is -2.21. The quantitative estimate of drug-likeness (QED) is 0.391. The van der Waals surface area contributed by atoms with Crippen molar-refractivity contribution in [2.75, 3.05) is 25.0 Å². The number of halogens is 1. The number of nitrogens with zero attached hydrogens (tertiary/aromatic N) is 3. The van der Waals surface area contributed by atoms with Gasteiger partial charge in [0.05, 0.1) is 16.9 Å². The Kier molecular flexibility index (Phi) is 5.85. The molecule has 5 rings (SSSR count). The number of carbonyl (C=O) groups is 1. The lowest BCUT2D eigenvalue weighted by atomic mass is 10.1. The predicted octanol–water partition coefficient (Wildman–Crippen LogP) is 3.09. The molecule has 1 atom stereocenters. The van der Waals surface area contributed by atoms with Crippen LogP contribution < -0.4 is 16.1 Å². The van der Waals surface area contributed by atoms with Crippen LogP contribution in [0, 0.1) is 11.7 Å². The molecule has 0 bridgehead atoms. The Morgan fingerprint density at radius 2 is 2.09 bits per heavy atom. The van der Waals surface area contributed by atoms with Gasteiger partial charge in [-0.1, -0.05) is 12.1 Å². The van der Waals surface area contributed by atoms with E-state index in [2.05, 4.69) is 15.7 Å². The summed E-state index contributed by atoms with van der Waals surface area (Å²) >= 11 is 0. The van der Waals surface area contributed by atoms with Crippen molar-refractivity contribution >= 4 is 22.6 Å². The molecule has 0 unspecified atom stereocenters. The molecule has 1 fully saturated rings. The van der Waals surface area contributed by atoms with Crippen LogP contribution in [-0.4, -0.2) is 45.1 Å². The molecule has 4 aromatic rings. The molecular weight excluding hydrogens is 437 g/mol. The molecule has 0 radical (unpaired) electrons. The average molecular weight is 461 g/mol. The SMILES string of the molecule is O=C(O)c1cn(Cc2ccc(-n3cccn3)cc2)c2cc(NC[C@H]3CCNC3)c(F)cc2c1=O. The van der Waals surface area contributed by atoms with Crippen LogP contribution in [-0.2, 0) is 6.54 Å². The standard InChI is InChI=1S/C25H24FN5O3/c26-21-10-19-23(11-22(21)28-13-17-6-8-27-12-17)30(15-20(24(19)32)25(33)34)14-16-2-4-18(5-3-16)31-9-1-7-29-31/h1-5,7,9-11,15,17,27-28H,6,8,12-14H2,(H,33,34)/t17-/m0/s1. The highest BCUT2D eigenvalue weighted by molar-refractivity contribution is 5.93. The van der Waals surface area contributed by atoms with Crippen molar-refractivity contribution in [1.29, 1.82) is 0 Å². The van der Waals surface area contributed by atoms with Crippen LogP contribution in [0.5, 0.6) is 0 Å². The number of pyridine rings is 1. The third kappa shape index (κ3) is 4.29. The average Bonchev–Trinajstić information content (AvgIpc) is 3.55. The lowest BCUT2D eigenvalue weighted by molar-refractivity contribution is 0.0695. The Labute approximate surface area is 194 Å². The number of carboxylic acids is 1. The second-order valence-electron chi connectivity index (χ2n) is 8.51. The van der Waals surface area contributed by atoms with Gasteiger partial charge in [-0.2, -0.15) is 5.10 Å². The summed E-state index contributed by atoms with van der Waals surface area (Å²) in [7, 11) is 0. The Morgan fingerprint density at radius 1 is 1.26 bits per heavy atom. The van der Waals surface area contributed by atoms with Crippen LogP contribution in [0.25, 0.3) is 16.6 Å². The van der Waals surface area contributed by atoms with Crippen molar-refractivity contribution in [2.24, 2.45) is 5.92 Å². The van der Waals surface area contributed by atoms with Gasteiger partial charge in [-0.3, -0.25) is 4.79 Å². The molecule has 1 saturated heterocycles. The number of hydrogen-bond acceptors (Lipinski definition) is 5. The minimum absolute atomic E-state index is 0.0404. The number of hydrogen-bond donors (Lipinski definition) is 3. The highest BCUT2D eigenvalue weighted by Gasteiger charge is 2.19. The van der Waals surface area contributed by atoms with Crippen molar-refractivity contribution in [3.05, 3.63) is 88.2 Å². The van der Waals surface area contributed by atoms with E-state index in [-0.39, 0.29) is 5.39 Å². The maximum atomic E-state index is 14.9. The van der Waals surface area contributed by atoms with Gasteiger partial charge in [0.25, 0.3) is 0 Å². The van der Waals surface area contributed by atoms with Crippen LogP contribution in [0.1, 0.15) is 22.3 Å². The van der Waals surface area contributed by atoms with Crippen molar-refractivity contribution in [3.8, 4) is 5.69 Å². The van der Waals surface area contributed by atoms with E-state index >= 15 is 0 Å². The van der Waals surface area contributed by atoms with E-state index in [0.717, 1.165) is 36.8 Å². The first-order chi connectivity index (χ1) is 16.5. The van der Waals surface area contributed by atoms with Crippen LogP contribution in [0.4, 0.5) is 10.1 Å². The molecular formula is C25H24FN5O3. The second kappa shape index (κ2) is 9.11. The molecule has 3 N–H and O–H groups in total. The van der Waals surface area contributed by atoms with Crippen LogP contribution in [0.15, 0.2) is 65.8 Å². The summed E-state index contributed by atoms with van der Waals surface area (Å²) < 4.78 is 18.3.